The molecule has 2 aliphatic rings. The van der Waals surface area contributed by atoms with Crippen molar-refractivity contribution in [2.75, 3.05) is 29.9 Å². The third-order valence-electron chi connectivity index (χ3n) is 8.53. The van der Waals surface area contributed by atoms with Gasteiger partial charge in [-0.3, -0.25) is 0 Å². The number of nitrogens with one attached hydrogen (secondary N) is 1. The molecule has 2 heterocycles. The normalized spacial score (nSPS) is 16.0. The van der Waals surface area contributed by atoms with Gasteiger partial charge in [0.25, 0.3) is 0 Å². The van der Waals surface area contributed by atoms with Crippen LogP contribution in [0.3, 0.4) is 0 Å². The van der Waals surface area contributed by atoms with Crippen molar-refractivity contribution in [1.82, 2.24) is 0 Å². The molecule has 0 amide bonds. The quantitative estimate of drug-likeness (QED) is 0.124. The average molecular weight is 591 g/mol. The molecule has 0 fully saturated rings. The second kappa shape index (κ2) is 13.0. The number of benzene rings is 4. The molecule has 1 spiro atoms. The Balaban J connectivity index is 1.52. The van der Waals surface area contributed by atoms with Crippen LogP contribution in [0.2, 0.25) is 0 Å². The van der Waals surface area contributed by atoms with Gasteiger partial charge in [-0.05, 0) is 55.7 Å². The zero-order chi connectivity index (χ0) is 30.5. The minimum Gasteiger partial charge on any atom is -0.491 e. The van der Waals surface area contributed by atoms with Crippen LogP contribution in [0.15, 0.2) is 84.9 Å². The number of carbonyl (C=O) groups excluding carboxylic acids is 1. The van der Waals surface area contributed by atoms with Crippen molar-refractivity contribution in [3.8, 4) is 17.2 Å². The van der Waals surface area contributed by atoms with Crippen molar-refractivity contribution in [3.63, 3.8) is 0 Å². The molecule has 44 heavy (non-hydrogen) atoms. The number of ether oxygens (including phenoxy) is 3. The molecule has 0 aromatic heterocycles. The van der Waals surface area contributed by atoms with Crippen LogP contribution in [0, 0.1) is 0 Å². The van der Waals surface area contributed by atoms with Gasteiger partial charge in [-0.1, -0.05) is 76.4 Å². The smallest absolute Gasteiger partial charge is 0.340 e. The summed E-state index contributed by atoms with van der Waals surface area (Å²) in [5.74, 6) is 1.68. The van der Waals surface area contributed by atoms with Gasteiger partial charge in [-0.25, -0.2) is 4.79 Å². The molecule has 1 N–H and O–H groups in total. The molecule has 6 nitrogen and oxygen atoms in total. The van der Waals surface area contributed by atoms with Gasteiger partial charge in [0.2, 0.25) is 0 Å². The second-order valence-corrected chi connectivity index (χ2v) is 11.6. The summed E-state index contributed by atoms with van der Waals surface area (Å²) in [5.41, 5.74) is 4.68. The second-order valence-electron chi connectivity index (χ2n) is 11.6. The predicted molar refractivity (Wildman–Crippen MR) is 177 cm³/mol. The van der Waals surface area contributed by atoms with E-state index in [1.807, 2.05) is 66.7 Å². The van der Waals surface area contributed by atoms with Crippen LogP contribution in [-0.2, 0) is 10.3 Å². The minimum absolute atomic E-state index is 0.336. The topological polar surface area (TPSA) is 60.0 Å². The Hall–Kier alpha value is -4.45. The molecule has 0 saturated heterocycles. The number of hydrogen-bond donors (Lipinski definition) is 1. The number of hydrogen-bond acceptors (Lipinski definition) is 6. The molecule has 0 bridgehead atoms. The molecule has 6 heteroatoms. The maximum Gasteiger partial charge on any atom is 0.340 e. The van der Waals surface area contributed by atoms with Gasteiger partial charge < -0.3 is 24.4 Å². The number of para-hydroxylation sites is 1. The lowest BCUT2D eigenvalue weighted by atomic mass is 9.77. The summed E-state index contributed by atoms with van der Waals surface area (Å²) in [6.07, 6.45) is 6.47. The zero-order valence-corrected chi connectivity index (χ0v) is 26.0. The lowest BCUT2D eigenvalue weighted by Gasteiger charge is -2.38. The van der Waals surface area contributed by atoms with Gasteiger partial charge in [0.15, 0.2) is 5.60 Å². The van der Waals surface area contributed by atoms with Gasteiger partial charge >= 0.3 is 5.97 Å². The lowest BCUT2D eigenvalue weighted by molar-refractivity contribution is 0.0224. The highest BCUT2D eigenvalue weighted by Crippen LogP contribution is 2.58. The Morgan fingerprint density at radius 2 is 1.45 bits per heavy atom. The summed E-state index contributed by atoms with van der Waals surface area (Å²) in [6, 6.07) is 28.1. The molecule has 228 valence electrons. The van der Waals surface area contributed by atoms with E-state index < -0.39 is 5.60 Å². The minimum atomic E-state index is -1.15. The highest BCUT2D eigenvalue weighted by molar-refractivity contribution is 5.97. The SMILES string of the molecule is CCCCOc1cc2c(cc1Nc1ccccc1)C1(OC(=O)c3ccccc31)c1ccc(N(CCCC)CCCC)cc1O2. The van der Waals surface area contributed by atoms with E-state index >= 15 is 0 Å². The van der Waals surface area contributed by atoms with Gasteiger partial charge in [-0.15, -0.1) is 0 Å². The summed E-state index contributed by atoms with van der Waals surface area (Å²) in [7, 11) is 0. The van der Waals surface area contributed by atoms with Crippen LogP contribution in [0.1, 0.15) is 86.3 Å². The van der Waals surface area contributed by atoms with Crippen LogP contribution in [0.4, 0.5) is 17.1 Å². The molecular formula is C38H42N2O4. The number of unbranched alkanes of at least 4 members (excludes halogenated alkanes) is 3. The van der Waals surface area contributed by atoms with E-state index in [2.05, 4.69) is 49.2 Å². The number of esters is 1. The molecule has 4 aromatic rings. The van der Waals surface area contributed by atoms with E-state index in [0.717, 1.165) is 85.4 Å². The van der Waals surface area contributed by atoms with Crippen molar-refractivity contribution in [2.24, 2.45) is 0 Å². The number of fused-ring (bicyclic) bond motifs is 6. The molecule has 0 radical (unpaired) electrons. The first kappa shape index (κ1) is 29.6. The number of nitrogens with zero attached hydrogens (tertiary/aromatic N) is 1. The van der Waals surface area contributed by atoms with Crippen LogP contribution in [0.5, 0.6) is 17.2 Å². The maximum absolute atomic E-state index is 13.5. The zero-order valence-electron chi connectivity index (χ0n) is 26.0. The van der Waals surface area contributed by atoms with Crippen LogP contribution >= 0.6 is 0 Å². The Bertz CT molecular complexity index is 1610. The monoisotopic (exact) mass is 590 g/mol. The lowest BCUT2D eigenvalue weighted by Crippen LogP contribution is -2.33. The van der Waals surface area contributed by atoms with Gasteiger partial charge in [-0.2, -0.15) is 0 Å². The fraction of sp³-hybridized carbons (Fsp3) is 0.342. The van der Waals surface area contributed by atoms with Gasteiger partial charge in [0.05, 0.1) is 17.9 Å². The van der Waals surface area contributed by atoms with E-state index in [4.69, 9.17) is 14.2 Å². The van der Waals surface area contributed by atoms with E-state index in [1.165, 1.54) is 0 Å². The Morgan fingerprint density at radius 1 is 0.750 bits per heavy atom. The average Bonchev–Trinajstić information content (AvgIpc) is 3.34. The largest absolute Gasteiger partial charge is 0.491 e. The van der Waals surface area contributed by atoms with Crippen molar-refractivity contribution >= 4 is 23.0 Å². The van der Waals surface area contributed by atoms with Crippen molar-refractivity contribution in [3.05, 3.63) is 107 Å². The van der Waals surface area contributed by atoms with E-state index in [-0.39, 0.29) is 5.97 Å². The summed E-state index contributed by atoms with van der Waals surface area (Å²) in [5, 5.41) is 3.55. The number of rotatable bonds is 13. The summed E-state index contributed by atoms with van der Waals surface area (Å²) in [6.45, 7) is 9.16. The Kier molecular flexibility index (Phi) is 8.78. The van der Waals surface area contributed by atoms with E-state index in [1.54, 1.807) is 0 Å². The van der Waals surface area contributed by atoms with Gasteiger partial charge in [0, 0.05) is 53.3 Å². The highest BCUT2D eigenvalue weighted by atomic mass is 16.6. The predicted octanol–water partition coefficient (Wildman–Crippen LogP) is 9.58. The molecule has 0 saturated carbocycles. The summed E-state index contributed by atoms with van der Waals surface area (Å²) < 4.78 is 19.6. The Morgan fingerprint density at radius 3 is 2.20 bits per heavy atom. The van der Waals surface area contributed by atoms with Crippen LogP contribution in [-0.4, -0.2) is 25.7 Å². The summed E-state index contributed by atoms with van der Waals surface area (Å²) >= 11 is 0. The molecule has 0 aliphatic carbocycles. The van der Waals surface area contributed by atoms with Crippen molar-refractivity contribution in [2.45, 2.75) is 64.9 Å². The first-order valence-corrected chi connectivity index (χ1v) is 16.1. The number of carbonyl (C=O) groups is 1. The van der Waals surface area contributed by atoms with E-state index in [0.29, 0.717) is 29.4 Å². The maximum atomic E-state index is 13.5. The van der Waals surface area contributed by atoms with Gasteiger partial charge in [0.1, 0.15) is 17.2 Å². The fourth-order valence-electron chi connectivity index (χ4n) is 6.17. The molecule has 4 aromatic carbocycles. The van der Waals surface area contributed by atoms with E-state index in [9.17, 15) is 4.79 Å². The first-order chi connectivity index (χ1) is 21.6. The van der Waals surface area contributed by atoms with Crippen LogP contribution in [0.25, 0.3) is 0 Å². The van der Waals surface area contributed by atoms with Crippen molar-refractivity contribution < 1.29 is 19.0 Å². The first-order valence-electron chi connectivity index (χ1n) is 16.1. The molecular weight excluding hydrogens is 548 g/mol. The summed E-state index contributed by atoms with van der Waals surface area (Å²) in [4.78, 5) is 15.9. The third-order valence-corrected chi connectivity index (χ3v) is 8.53. The molecule has 6 rings (SSSR count). The highest BCUT2D eigenvalue weighted by Gasteiger charge is 2.54. The standard InChI is InChI=1S/C38H42N2O4/c1-4-7-21-40(22-8-5-2)28-19-20-31-34(24-28)43-35-26-36(42-23-9-6-3)33(39-27-15-11-10-12-16-27)25-32(35)38(31)30-18-14-13-17-29(30)37(41)44-38/h10-20,24-26,39H,4-9,21-23H2,1-3H3. The van der Waals surface area contributed by atoms with Crippen LogP contribution < -0.4 is 19.7 Å². The Labute approximate surface area is 261 Å². The number of anilines is 3. The molecule has 1 atom stereocenters. The fourth-order valence-corrected chi connectivity index (χ4v) is 6.17. The van der Waals surface area contributed by atoms with Crippen molar-refractivity contribution in [1.29, 1.82) is 0 Å². The molecule has 2 aliphatic heterocycles. The third kappa shape index (κ3) is 5.49. The molecule has 1 unspecified atom stereocenters.